The maximum atomic E-state index is 12.9. The van der Waals surface area contributed by atoms with E-state index in [0.717, 1.165) is 30.9 Å². The standard InChI is InChI=1S/C23H24N2O5S/c1-15-6-11-19-20(26)14-22(30-21(19)13-15)23(27)24-17-7-9-18(10-8-17)31(28,29)25-12-4-3-5-16(25)2/h6-11,13-14,16H,3-5,12H2,1-2H3,(H,24,27)/t16-/m0/s1. The van der Waals surface area contributed by atoms with Crippen molar-refractivity contribution in [1.82, 2.24) is 4.31 Å². The molecule has 0 aliphatic carbocycles. The second-order valence-electron chi connectivity index (χ2n) is 7.91. The van der Waals surface area contributed by atoms with Crippen LogP contribution < -0.4 is 10.7 Å². The lowest BCUT2D eigenvalue weighted by molar-refractivity contribution is 0.0997. The summed E-state index contributed by atoms with van der Waals surface area (Å²) in [5, 5.41) is 3.06. The Morgan fingerprint density at radius 1 is 1.10 bits per heavy atom. The van der Waals surface area contributed by atoms with Crippen molar-refractivity contribution in [3.05, 3.63) is 70.1 Å². The SMILES string of the molecule is Cc1ccc2c(=O)cc(C(=O)Nc3ccc(S(=O)(=O)N4CCCC[C@@H]4C)cc3)oc2c1. The zero-order chi connectivity index (χ0) is 22.2. The lowest BCUT2D eigenvalue weighted by Crippen LogP contribution is -2.41. The summed E-state index contributed by atoms with van der Waals surface area (Å²) in [5.74, 6) is -0.692. The Labute approximate surface area is 180 Å². The van der Waals surface area contributed by atoms with E-state index >= 15 is 0 Å². The van der Waals surface area contributed by atoms with Gasteiger partial charge in [0.2, 0.25) is 10.0 Å². The fourth-order valence-electron chi connectivity index (χ4n) is 3.84. The van der Waals surface area contributed by atoms with Crippen molar-refractivity contribution in [2.24, 2.45) is 0 Å². The summed E-state index contributed by atoms with van der Waals surface area (Å²) in [4.78, 5) is 25.1. The molecule has 162 valence electrons. The van der Waals surface area contributed by atoms with E-state index in [1.54, 1.807) is 18.2 Å². The van der Waals surface area contributed by atoms with Gasteiger partial charge in [-0.05, 0) is 68.7 Å². The van der Waals surface area contributed by atoms with Gasteiger partial charge >= 0.3 is 0 Å². The number of carbonyl (C=O) groups excluding carboxylic acids is 1. The van der Waals surface area contributed by atoms with Crippen LogP contribution in [0.5, 0.6) is 0 Å². The molecule has 1 fully saturated rings. The van der Waals surface area contributed by atoms with Crippen LogP contribution in [0.3, 0.4) is 0 Å². The molecule has 1 aromatic heterocycles. The number of nitrogens with zero attached hydrogens (tertiary/aromatic N) is 1. The van der Waals surface area contributed by atoms with E-state index in [1.807, 2.05) is 13.8 Å². The summed E-state index contributed by atoms with van der Waals surface area (Å²) in [6.07, 6.45) is 2.74. The zero-order valence-corrected chi connectivity index (χ0v) is 18.2. The van der Waals surface area contributed by atoms with Gasteiger partial charge in [0.15, 0.2) is 11.2 Å². The zero-order valence-electron chi connectivity index (χ0n) is 17.4. The highest BCUT2D eigenvalue weighted by molar-refractivity contribution is 7.89. The van der Waals surface area contributed by atoms with Crippen molar-refractivity contribution >= 4 is 32.6 Å². The predicted molar refractivity (Wildman–Crippen MR) is 119 cm³/mol. The highest BCUT2D eigenvalue weighted by atomic mass is 32.2. The molecule has 31 heavy (non-hydrogen) atoms. The van der Waals surface area contributed by atoms with Crippen molar-refractivity contribution in [3.63, 3.8) is 0 Å². The van der Waals surface area contributed by atoms with Crippen molar-refractivity contribution in [1.29, 1.82) is 0 Å². The molecule has 1 aliphatic heterocycles. The number of nitrogens with one attached hydrogen (secondary N) is 1. The van der Waals surface area contributed by atoms with Crippen molar-refractivity contribution in [3.8, 4) is 0 Å². The van der Waals surface area contributed by atoms with Crippen LogP contribution in [0.15, 0.2) is 62.6 Å². The second-order valence-corrected chi connectivity index (χ2v) is 9.80. The topological polar surface area (TPSA) is 96.7 Å². The summed E-state index contributed by atoms with van der Waals surface area (Å²) in [5.41, 5.74) is 1.36. The van der Waals surface area contributed by atoms with Gasteiger partial charge in [-0.15, -0.1) is 0 Å². The van der Waals surface area contributed by atoms with Crippen LogP contribution in [0.1, 0.15) is 42.3 Å². The lowest BCUT2D eigenvalue weighted by atomic mass is 10.1. The Kier molecular flexibility index (Phi) is 5.68. The van der Waals surface area contributed by atoms with Gasteiger partial charge in [-0.25, -0.2) is 8.42 Å². The number of benzene rings is 2. The average Bonchev–Trinajstić information content (AvgIpc) is 2.74. The normalized spacial score (nSPS) is 17.5. The first-order valence-electron chi connectivity index (χ1n) is 10.2. The Balaban J connectivity index is 1.55. The van der Waals surface area contributed by atoms with E-state index < -0.39 is 15.9 Å². The molecule has 1 saturated heterocycles. The predicted octanol–water partition coefficient (Wildman–Crippen LogP) is 3.92. The summed E-state index contributed by atoms with van der Waals surface area (Å²) >= 11 is 0. The van der Waals surface area contributed by atoms with Gasteiger partial charge in [0, 0.05) is 24.3 Å². The molecule has 0 unspecified atom stereocenters. The van der Waals surface area contributed by atoms with Crippen LogP contribution in [0.25, 0.3) is 11.0 Å². The van der Waals surface area contributed by atoms with Crippen LogP contribution in [0.4, 0.5) is 5.69 Å². The monoisotopic (exact) mass is 440 g/mol. The Morgan fingerprint density at radius 2 is 1.84 bits per heavy atom. The molecule has 0 spiro atoms. The maximum absolute atomic E-state index is 12.9. The van der Waals surface area contributed by atoms with Crippen LogP contribution in [0.2, 0.25) is 0 Å². The molecule has 1 amide bonds. The first kappa shape index (κ1) is 21.3. The fourth-order valence-corrected chi connectivity index (χ4v) is 5.54. The van der Waals surface area contributed by atoms with Crippen LogP contribution in [0, 0.1) is 6.92 Å². The Morgan fingerprint density at radius 3 is 2.55 bits per heavy atom. The maximum Gasteiger partial charge on any atom is 0.291 e. The number of hydrogen-bond donors (Lipinski definition) is 1. The van der Waals surface area contributed by atoms with Gasteiger partial charge in [0.1, 0.15) is 5.58 Å². The lowest BCUT2D eigenvalue weighted by Gasteiger charge is -2.32. The van der Waals surface area contributed by atoms with E-state index in [1.165, 1.54) is 28.6 Å². The molecule has 7 nitrogen and oxygen atoms in total. The largest absolute Gasteiger partial charge is 0.451 e. The number of rotatable bonds is 4. The average molecular weight is 441 g/mol. The summed E-state index contributed by atoms with van der Waals surface area (Å²) in [6.45, 7) is 4.30. The molecule has 3 aromatic rings. The second kappa shape index (κ2) is 8.28. The summed E-state index contributed by atoms with van der Waals surface area (Å²) in [6, 6.07) is 12.3. The number of piperidine rings is 1. The molecule has 1 aliphatic rings. The smallest absolute Gasteiger partial charge is 0.291 e. The molecule has 0 bridgehead atoms. The number of fused-ring (bicyclic) bond motifs is 1. The number of amides is 1. The van der Waals surface area contributed by atoms with Gasteiger partial charge in [-0.3, -0.25) is 9.59 Å². The molecular formula is C23H24N2O5S. The quantitative estimate of drug-likeness (QED) is 0.663. The van der Waals surface area contributed by atoms with Gasteiger partial charge in [0.25, 0.3) is 5.91 Å². The fraction of sp³-hybridized carbons (Fsp3) is 0.304. The molecule has 2 heterocycles. The van der Waals surface area contributed by atoms with Gasteiger partial charge in [0.05, 0.1) is 10.3 Å². The van der Waals surface area contributed by atoms with Crippen molar-refractivity contribution in [2.75, 3.05) is 11.9 Å². The number of aryl methyl sites for hydroxylation is 1. The van der Waals surface area contributed by atoms with Crippen molar-refractivity contribution in [2.45, 2.75) is 44.0 Å². The number of carbonyl (C=O) groups is 1. The third-order valence-electron chi connectivity index (χ3n) is 5.57. The van der Waals surface area contributed by atoms with Crippen molar-refractivity contribution < 1.29 is 17.6 Å². The summed E-state index contributed by atoms with van der Waals surface area (Å²) < 4.78 is 33.0. The van der Waals surface area contributed by atoms with Crippen LogP contribution >= 0.6 is 0 Å². The first-order valence-corrected chi connectivity index (χ1v) is 11.7. The van der Waals surface area contributed by atoms with Crippen LogP contribution in [-0.4, -0.2) is 31.2 Å². The first-order chi connectivity index (χ1) is 14.8. The van der Waals surface area contributed by atoms with Gasteiger partial charge in [-0.1, -0.05) is 12.5 Å². The third kappa shape index (κ3) is 4.26. The van der Waals surface area contributed by atoms with Gasteiger partial charge < -0.3 is 9.73 Å². The summed E-state index contributed by atoms with van der Waals surface area (Å²) in [7, 11) is -3.58. The number of anilines is 1. The molecule has 0 radical (unpaired) electrons. The molecule has 4 rings (SSSR count). The highest BCUT2D eigenvalue weighted by Crippen LogP contribution is 2.26. The minimum atomic E-state index is -3.58. The van der Waals surface area contributed by atoms with E-state index in [4.69, 9.17) is 4.42 Å². The Hall–Kier alpha value is -2.97. The molecule has 2 aromatic carbocycles. The molecule has 0 saturated carbocycles. The van der Waals surface area contributed by atoms with E-state index in [0.29, 0.717) is 23.2 Å². The molecule has 1 atom stereocenters. The molecular weight excluding hydrogens is 416 g/mol. The Bertz CT molecular complexity index is 1300. The minimum absolute atomic E-state index is 0.0300. The highest BCUT2D eigenvalue weighted by Gasteiger charge is 2.30. The van der Waals surface area contributed by atoms with E-state index in [9.17, 15) is 18.0 Å². The third-order valence-corrected chi connectivity index (χ3v) is 7.60. The van der Waals surface area contributed by atoms with E-state index in [-0.39, 0.29) is 22.1 Å². The molecule has 1 N–H and O–H groups in total. The van der Waals surface area contributed by atoms with Gasteiger partial charge in [-0.2, -0.15) is 4.31 Å². The number of sulfonamides is 1. The minimum Gasteiger partial charge on any atom is -0.451 e. The van der Waals surface area contributed by atoms with E-state index in [2.05, 4.69) is 5.32 Å². The molecule has 8 heteroatoms. The van der Waals surface area contributed by atoms with Crippen LogP contribution in [-0.2, 0) is 10.0 Å². The number of hydrogen-bond acceptors (Lipinski definition) is 5.